The molecule has 1 N–H and O–H groups in total. The lowest BCUT2D eigenvalue weighted by molar-refractivity contribution is 0.0356. The maximum Gasteiger partial charge on any atom is 0.0718 e. The quantitative estimate of drug-likeness (QED) is 0.811. The van der Waals surface area contributed by atoms with Crippen molar-refractivity contribution in [1.82, 2.24) is 4.90 Å². The minimum atomic E-state index is -0.604. The Morgan fingerprint density at radius 2 is 2.21 bits per heavy atom. The van der Waals surface area contributed by atoms with E-state index in [1.165, 1.54) is 4.88 Å². The predicted molar refractivity (Wildman–Crippen MR) is 61.6 cm³/mol. The van der Waals surface area contributed by atoms with Gasteiger partial charge in [0.05, 0.1) is 5.60 Å². The van der Waals surface area contributed by atoms with Crippen molar-refractivity contribution in [3.05, 3.63) is 22.4 Å². The van der Waals surface area contributed by atoms with Gasteiger partial charge in [0.15, 0.2) is 0 Å². The van der Waals surface area contributed by atoms with Gasteiger partial charge in [-0.15, -0.1) is 11.3 Å². The maximum absolute atomic E-state index is 9.71. The molecule has 0 radical (unpaired) electrons. The molecular weight excluding hydrogens is 194 g/mol. The topological polar surface area (TPSA) is 23.5 Å². The summed E-state index contributed by atoms with van der Waals surface area (Å²) in [6.45, 7) is 8.47. The van der Waals surface area contributed by atoms with Crippen LogP contribution in [-0.4, -0.2) is 28.7 Å². The normalized spacial score (nSPS) is 12.4. The smallest absolute Gasteiger partial charge is 0.0718 e. The number of hydrogen-bond acceptors (Lipinski definition) is 3. The van der Waals surface area contributed by atoms with Crippen LogP contribution in [0.2, 0.25) is 0 Å². The van der Waals surface area contributed by atoms with E-state index in [4.69, 9.17) is 0 Å². The van der Waals surface area contributed by atoms with Crippen molar-refractivity contribution in [3.63, 3.8) is 0 Å². The van der Waals surface area contributed by atoms with Crippen LogP contribution in [0.1, 0.15) is 25.6 Å². The van der Waals surface area contributed by atoms with Gasteiger partial charge in [0.25, 0.3) is 0 Å². The molecule has 0 bridgehead atoms. The van der Waals surface area contributed by atoms with Crippen LogP contribution in [-0.2, 0) is 6.54 Å². The third-order valence-corrected chi connectivity index (χ3v) is 2.88. The molecule has 80 valence electrons. The summed E-state index contributed by atoms with van der Waals surface area (Å²) in [5.41, 5.74) is -0.604. The Balaban J connectivity index is 2.47. The van der Waals surface area contributed by atoms with Crippen LogP contribution in [0.3, 0.4) is 0 Å². The SMILES string of the molecule is CCN(Cc1cccs1)CC(C)(C)O. The Bertz CT molecular complexity index is 251. The fourth-order valence-corrected chi connectivity index (χ4v) is 2.20. The highest BCUT2D eigenvalue weighted by atomic mass is 32.1. The van der Waals surface area contributed by atoms with Gasteiger partial charge in [0.2, 0.25) is 0 Å². The molecule has 0 aliphatic heterocycles. The second-order valence-electron chi connectivity index (χ2n) is 4.20. The zero-order valence-electron chi connectivity index (χ0n) is 9.16. The van der Waals surface area contributed by atoms with Crippen LogP contribution in [0.5, 0.6) is 0 Å². The second kappa shape index (κ2) is 4.91. The largest absolute Gasteiger partial charge is 0.389 e. The number of aliphatic hydroxyl groups is 1. The number of likely N-dealkylation sites (N-methyl/N-ethyl adjacent to an activating group) is 1. The maximum atomic E-state index is 9.71. The summed E-state index contributed by atoms with van der Waals surface area (Å²) in [7, 11) is 0. The molecule has 2 nitrogen and oxygen atoms in total. The Morgan fingerprint density at radius 1 is 1.50 bits per heavy atom. The molecule has 1 heterocycles. The summed E-state index contributed by atoms with van der Waals surface area (Å²) >= 11 is 1.77. The summed E-state index contributed by atoms with van der Waals surface area (Å²) in [6.07, 6.45) is 0. The van der Waals surface area contributed by atoms with Crippen molar-refractivity contribution in [2.45, 2.75) is 32.9 Å². The van der Waals surface area contributed by atoms with Crippen molar-refractivity contribution in [3.8, 4) is 0 Å². The zero-order valence-corrected chi connectivity index (χ0v) is 9.97. The highest BCUT2D eigenvalue weighted by molar-refractivity contribution is 7.09. The summed E-state index contributed by atoms with van der Waals surface area (Å²) in [5, 5.41) is 11.8. The number of rotatable bonds is 5. The lowest BCUT2D eigenvalue weighted by Gasteiger charge is -2.27. The van der Waals surface area contributed by atoms with Crippen molar-refractivity contribution in [1.29, 1.82) is 0 Å². The molecule has 1 rings (SSSR count). The van der Waals surface area contributed by atoms with Gasteiger partial charge in [-0.1, -0.05) is 13.0 Å². The van der Waals surface area contributed by atoms with Crippen molar-refractivity contribution in [2.75, 3.05) is 13.1 Å². The van der Waals surface area contributed by atoms with Crippen molar-refractivity contribution < 1.29 is 5.11 Å². The van der Waals surface area contributed by atoms with Gasteiger partial charge in [-0.3, -0.25) is 4.90 Å². The van der Waals surface area contributed by atoms with Gasteiger partial charge >= 0.3 is 0 Å². The molecule has 0 unspecified atom stereocenters. The molecular formula is C11H19NOS. The molecule has 0 spiro atoms. The van der Waals surface area contributed by atoms with E-state index in [1.54, 1.807) is 11.3 Å². The predicted octanol–water partition coefficient (Wildman–Crippen LogP) is 2.34. The Hall–Kier alpha value is -0.380. The molecule has 3 heteroatoms. The van der Waals surface area contributed by atoms with E-state index in [2.05, 4.69) is 29.3 Å². The van der Waals surface area contributed by atoms with Crippen LogP contribution in [0.4, 0.5) is 0 Å². The average Bonchev–Trinajstić information content (AvgIpc) is 2.53. The zero-order chi connectivity index (χ0) is 10.6. The molecule has 1 aromatic heterocycles. The van der Waals surface area contributed by atoms with Gasteiger partial charge in [0.1, 0.15) is 0 Å². The van der Waals surface area contributed by atoms with E-state index in [1.807, 2.05) is 13.8 Å². The Kier molecular flexibility index (Phi) is 4.11. The summed E-state index contributed by atoms with van der Waals surface area (Å²) < 4.78 is 0. The molecule has 1 aromatic rings. The first kappa shape index (κ1) is 11.7. The summed E-state index contributed by atoms with van der Waals surface area (Å²) in [6, 6.07) is 4.20. The van der Waals surface area contributed by atoms with E-state index >= 15 is 0 Å². The molecule has 0 atom stereocenters. The van der Waals surface area contributed by atoms with Crippen LogP contribution >= 0.6 is 11.3 Å². The second-order valence-corrected chi connectivity index (χ2v) is 5.23. The third kappa shape index (κ3) is 4.22. The molecule has 0 aliphatic carbocycles. The lowest BCUT2D eigenvalue weighted by Crippen LogP contribution is -2.37. The number of hydrogen-bond donors (Lipinski definition) is 1. The van der Waals surface area contributed by atoms with E-state index in [-0.39, 0.29) is 0 Å². The fraction of sp³-hybridized carbons (Fsp3) is 0.636. The molecule has 0 fully saturated rings. The van der Waals surface area contributed by atoms with Gasteiger partial charge in [-0.2, -0.15) is 0 Å². The van der Waals surface area contributed by atoms with Crippen molar-refractivity contribution >= 4 is 11.3 Å². The fourth-order valence-electron chi connectivity index (χ4n) is 1.45. The molecule has 0 aliphatic rings. The first-order valence-electron chi connectivity index (χ1n) is 4.98. The van der Waals surface area contributed by atoms with Crippen molar-refractivity contribution in [2.24, 2.45) is 0 Å². The lowest BCUT2D eigenvalue weighted by atomic mass is 10.1. The molecule has 0 saturated carbocycles. The van der Waals surface area contributed by atoms with E-state index in [9.17, 15) is 5.11 Å². The number of thiophene rings is 1. The highest BCUT2D eigenvalue weighted by Crippen LogP contribution is 2.13. The third-order valence-electron chi connectivity index (χ3n) is 2.02. The van der Waals surface area contributed by atoms with E-state index < -0.39 is 5.60 Å². The van der Waals surface area contributed by atoms with Crippen LogP contribution < -0.4 is 0 Å². The van der Waals surface area contributed by atoms with Gasteiger partial charge < -0.3 is 5.11 Å². The van der Waals surface area contributed by atoms with Crippen LogP contribution in [0, 0.1) is 0 Å². The highest BCUT2D eigenvalue weighted by Gasteiger charge is 2.17. The Labute approximate surface area is 90.2 Å². The average molecular weight is 213 g/mol. The first-order valence-corrected chi connectivity index (χ1v) is 5.86. The van der Waals surface area contributed by atoms with Gasteiger partial charge in [-0.25, -0.2) is 0 Å². The molecule has 0 saturated heterocycles. The van der Waals surface area contributed by atoms with Crippen LogP contribution in [0.15, 0.2) is 17.5 Å². The minimum Gasteiger partial charge on any atom is -0.389 e. The molecule has 0 aromatic carbocycles. The first-order chi connectivity index (χ1) is 6.51. The standard InChI is InChI=1S/C11H19NOS/c1-4-12(9-11(2,3)13)8-10-6-5-7-14-10/h5-7,13H,4,8-9H2,1-3H3. The van der Waals surface area contributed by atoms with Gasteiger partial charge in [-0.05, 0) is 31.8 Å². The van der Waals surface area contributed by atoms with E-state index in [0.29, 0.717) is 0 Å². The monoisotopic (exact) mass is 213 g/mol. The minimum absolute atomic E-state index is 0.604. The molecule has 0 amide bonds. The summed E-state index contributed by atoms with van der Waals surface area (Å²) in [4.78, 5) is 3.61. The molecule has 14 heavy (non-hydrogen) atoms. The summed E-state index contributed by atoms with van der Waals surface area (Å²) in [5.74, 6) is 0. The van der Waals surface area contributed by atoms with Crippen LogP contribution in [0.25, 0.3) is 0 Å². The van der Waals surface area contributed by atoms with Gasteiger partial charge in [0, 0.05) is 18.0 Å². The Morgan fingerprint density at radius 3 is 2.64 bits per heavy atom. The van der Waals surface area contributed by atoms with E-state index in [0.717, 1.165) is 19.6 Å². The number of nitrogens with zero attached hydrogens (tertiary/aromatic N) is 1.